The molecule has 0 unspecified atom stereocenters. The summed E-state index contributed by atoms with van der Waals surface area (Å²) in [7, 11) is 0. The quantitative estimate of drug-likeness (QED) is 0.698. The summed E-state index contributed by atoms with van der Waals surface area (Å²) < 4.78 is 17.3. The van der Waals surface area contributed by atoms with Gasteiger partial charge in [-0.15, -0.1) is 0 Å². The zero-order valence-electron chi connectivity index (χ0n) is 10.5. The number of hydrogen-bond donors (Lipinski definition) is 3. The summed E-state index contributed by atoms with van der Waals surface area (Å²) in [6.45, 7) is -1.09. The molecular weight excluding hydrogens is 267 g/mol. The fourth-order valence-corrected chi connectivity index (χ4v) is 1.78. The van der Waals surface area contributed by atoms with Crippen LogP contribution in [0.3, 0.4) is 0 Å². The monoisotopic (exact) mass is 280 g/mol. The lowest BCUT2D eigenvalue weighted by molar-refractivity contribution is 0.0936. The number of aromatic amines is 1. The van der Waals surface area contributed by atoms with Crippen molar-refractivity contribution in [3.63, 3.8) is 0 Å². The molecule has 0 saturated carbocycles. The van der Waals surface area contributed by atoms with Gasteiger partial charge in [0.1, 0.15) is 17.9 Å². The van der Waals surface area contributed by atoms with Crippen molar-refractivity contribution in [1.29, 1.82) is 0 Å². The van der Waals surface area contributed by atoms with Gasteiger partial charge in [-0.3, -0.25) is 9.59 Å². The zero-order valence-corrected chi connectivity index (χ0v) is 10.5. The number of carbonyl (C=O) groups is 1. The van der Waals surface area contributed by atoms with Gasteiger partial charge < -0.3 is 20.1 Å². The van der Waals surface area contributed by atoms with Crippen molar-refractivity contribution in [3.05, 3.63) is 40.2 Å². The molecule has 1 aromatic carbocycles. The van der Waals surface area contributed by atoms with E-state index in [0.29, 0.717) is 11.3 Å². The summed E-state index contributed by atoms with van der Waals surface area (Å²) in [5.41, 5.74) is -0.156. The Balaban J connectivity index is 2.47. The van der Waals surface area contributed by atoms with Crippen LogP contribution in [-0.2, 0) is 0 Å². The van der Waals surface area contributed by atoms with Crippen LogP contribution in [0.15, 0.2) is 29.2 Å². The molecule has 3 N–H and O–H groups in total. The molecule has 106 valence electrons. The van der Waals surface area contributed by atoms with E-state index in [9.17, 15) is 14.0 Å². The van der Waals surface area contributed by atoms with Crippen LogP contribution in [0.4, 0.5) is 4.39 Å². The third-order valence-electron chi connectivity index (χ3n) is 2.68. The van der Waals surface area contributed by atoms with Crippen LogP contribution >= 0.6 is 0 Å². The molecule has 1 amide bonds. The van der Waals surface area contributed by atoms with Gasteiger partial charge in [0.2, 0.25) is 5.43 Å². The van der Waals surface area contributed by atoms with E-state index in [2.05, 4.69) is 4.98 Å². The number of pyridine rings is 1. The van der Waals surface area contributed by atoms with Gasteiger partial charge in [0, 0.05) is 17.1 Å². The minimum atomic E-state index is -1.05. The molecule has 0 fully saturated rings. The fraction of sp³-hybridized carbons (Fsp3) is 0.231. The first-order valence-electron chi connectivity index (χ1n) is 5.90. The summed E-state index contributed by atoms with van der Waals surface area (Å²) >= 11 is 0. The van der Waals surface area contributed by atoms with Crippen molar-refractivity contribution in [1.82, 2.24) is 10.3 Å². The number of benzene rings is 1. The Bertz CT molecular complexity index is 684. The van der Waals surface area contributed by atoms with Crippen molar-refractivity contribution in [2.45, 2.75) is 0 Å². The molecule has 2 rings (SSSR count). The Hall–Kier alpha value is -2.41. The molecule has 7 heteroatoms. The number of aromatic nitrogens is 1. The largest absolute Gasteiger partial charge is 0.491 e. The predicted octanol–water partition coefficient (Wildman–Crippen LogP) is 0.556. The lowest BCUT2D eigenvalue weighted by Gasteiger charge is -2.06. The Labute approximate surface area is 113 Å². The molecule has 0 bridgehead atoms. The molecule has 0 aliphatic rings. The van der Waals surface area contributed by atoms with Crippen LogP contribution < -0.4 is 15.5 Å². The van der Waals surface area contributed by atoms with Gasteiger partial charge in [-0.05, 0) is 18.2 Å². The number of amides is 1. The van der Waals surface area contributed by atoms with Crippen molar-refractivity contribution >= 4 is 16.8 Å². The molecule has 0 saturated heterocycles. The van der Waals surface area contributed by atoms with E-state index in [4.69, 9.17) is 9.84 Å². The van der Waals surface area contributed by atoms with Gasteiger partial charge in [-0.1, -0.05) is 0 Å². The summed E-state index contributed by atoms with van der Waals surface area (Å²) in [4.78, 5) is 26.5. The number of nitrogens with one attached hydrogen (secondary N) is 2. The van der Waals surface area contributed by atoms with Crippen LogP contribution in [0.5, 0.6) is 5.75 Å². The molecule has 2 aromatic rings. The smallest absolute Gasteiger partial charge is 0.258 e. The number of fused-ring (bicyclic) bond motifs is 1. The first kappa shape index (κ1) is 14.0. The van der Waals surface area contributed by atoms with Crippen LogP contribution in [-0.4, -0.2) is 36.0 Å². The molecule has 1 heterocycles. The Morgan fingerprint density at radius 1 is 1.45 bits per heavy atom. The highest BCUT2D eigenvalue weighted by Gasteiger charge is 2.13. The molecule has 0 atom stereocenters. The number of H-pyrrole nitrogens is 1. The fourth-order valence-electron chi connectivity index (χ4n) is 1.78. The molecule has 0 aliphatic heterocycles. The minimum Gasteiger partial charge on any atom is -0.491 e. The molecule has 0 aliphatic carbocycles. The topological polar surface area (TPSA) is 91.4 Å². The van der Waals surface area contributed by atoms with Crippen LogP contribution in [0.1, 0.15) is 10.4 Å². The Morgan fingerprint density at radius 3 is 2.95 bits per heavy atom. The third kappa shape index (κ3) is 2.77. The molecular formula is C13H13FN2O4. The summed E-state index contributed by atoms with van der Waals surface area (Å²) in [5, 5.41) is 10.9. The molecule has 20 heavy (non-hydrogen) atoms. The number of carbonyl (C=O) groups excluding carboxylic acids is 1. The maximum Gasteiger partial charge on any atom is 0.258 e. The van der Waals surface area contributed by atoms with Crippen LogP contribution in [0, 0.1) is 0 Å². The van der Waals surface area contributed by atoms with Crippen molar-refractivity contribution < 1.29 is 19.0 Å². The zero-order chi connectivity index (χ0) is 14.5. The second-order valence-corrected chi connectivity index (χ2v) is 3.95. The highest BCUT2D eigenvalue weighted by molar-refractivity contribution is 5.97. The van der Waals surface area contributed by atoms with Gasteiger partial charge in [-0.2, -0.15) is 0 Å². The van der Waals surface area contributed by atoms with Crippen molar-refractivity contribution in [2.24, 2.45) is 0 Å². The highest BCUT2D eigenvalue weighted by atomic mass is 19.1. The van der Waals surface area contributed by atoms with E-state index in [0.717, 1.165) is 0 Å². The van der Waals surface area contributed by atoms with Crippen molar-refractivity contribution in [2.75, 3.05) is 20.0 Å². The van der Waals surface area contributed by atoms with Gasteiger partial charge in [0.25, 0.3) is 5.91 Å². The lowest BCUT2D eigenvalue weighted by Crippen LogP contribution is -2.28. The maximum atomic E-state index is 12.2. The second-order valence-electron chi connectivity index (χ2n) is 3.95. The first-order valence-corrected chi connectivity index (χ1v) is 5.90. The first-order chi connectivity index (χ1) is 9.67. The molecule has 6 nitrogen and oxygen atoms in total. The van der Waals surface area contributed by atoms with Gasteiger partial charge in [0.15, 0.2) is 6.80 Å². The van der Waals surface area contributed by atoms with E-state index in [1.165, 1.54) is 12.3 Å². The minimum absolute atomic E-state index is 0.103. The average molecular weight is 280 g/mol. The standard InChI is InChI=1S/C13H13FN2O4/c14-7-16-13(19)10-6-15-11-2-1-8(20-4-3-17)5-9(11)12(10)18/h1-2,5-6,17H,3-4,7H2,(H,15,18)(H,16,19). The average Bonchev–Trinajstić information content (AvgIpc) is 2.46. The molecule has 0 spiro atoms. The Morgan fingerprint density at radius 2 is 2.25 bits per heavy atom. The van der Waals surface area contributed by atoms with Crippen LogP contribution in [0.2, 0.25) is 0 Å². The normalized spacial score (nSPS) is 10.5. The van der Waals surface area contributed by atoms with E-state index >= 15 is 0 Å². The number of aliphatic hydroxyl groups is 1. The van der Waals surface area contributed by atoms with E-state index < -0.39 is 18.1 Å². The Kier molecular flexibility index (Phi) is 4.31. The number of ether oxygens (including phenoxy) is 1. The van der Waals surface area contributed by atoms with Gasteiger partial charge in [0.05, 0.1) is 6.61 Å². The molecule has 1 aromatic heterocycles. The molecule has 0 radical (unpaired) electrons. The van der Waals surface area contributed by atoms with E-state index in [1.54, 1.807) is 12.1 Å². The van der Waals surface area contributed by atoms with Crippen LogP contribution in [0.25, 0.3) is 10.9 Å². The number of hydrogen-bond acceptors (Lipinski definition) is 4. The number of aliphatic hydroxyl groups excluding tert-OH is 1. The van der Waals surface area contributed by atoms with Crippen molar-refractivity contribution in [3.8, 4) is 5.75 Å². The predicted molar refractivity (Wildman–Crippen MR) is 70.6 cm³/mol. The summed E-state index contributed by atoms with van der Waals surface area (Å²) in [6, 6.07) is 4.73. The van der Waals surface area contributed by atoms with E-state index in [-0.39, 0.29) is 24.2 Å². The third-order valence-corrected chi connectivity index (χ3v) is 2.68. The number of halogens is 1. The maximum absolute atomic E-state index is 12.2. The highest BCUT2D eigenvalue weighted by Crippen LogP contribution is 2.17. The SMILES string of the molecule is O=C(NCF)c1c[nH]c2ccc(OCCO)cc2c1=O. The number of alkyl halides is 1. The number of rotatable bonds is 5. The summed E-state index contributed by atoms with van der Waals surface area (Å²) in [6.07, 6.45) is 1.24. The van der Waals surface area contributed by atoms with Gasteiger partial charge in [-0.25, -0.2) is 4.39 Å². The lowest BCUT2D eigenvalue weighted by atomic mass is 10.1. The van der Waals surface area contributed by atoms with Gasteiger partial charge >= 0.3 is 0 Å². The summed E-state index contributed by atoms with van der Waals surface area (Å²) in [5.74, 6) is -0.377. The second kappa shape index (κ2) is 6.16. The van der Waals surface area contributed by atoms with E-state index in [1.807, 2.05) is 5.32 Å².